The van der Waals surface area contributed by atoms with Gasteiger partial charge in [0.1, 0.15) is 11.9 Å². The molecule has 0 aliphatic heterocycles. The average Bonchev–Trinajstić information content (AvgIpc) is 2.98. The predicted molar refractivity (Wildman–Crippen MR) is 60.3 cm³/mol. The van der Waals surface area contributed by atoms with Gasteiger partial charge in [-0.25, -0.2) is 4.39 Å². The molecule has 0 amide bonds. The van der Waals surface area contributed by atoms with Gasteiger partial charge in [-0.15, -0.1) is 0 Å². The standard InChI is InChI=1S/C13H15FN2/c1-12(2,16)13(5-6-13)10-3-4-11(14)9(7-10)8-15/h3-4,7H,5-6,16H2,1-2H3. The Morgan fingerprint density at radius 3 is 2.50 bits per heavy atom. The van der Waals surface area contributed by atoms with Gasteiger partial charge in [-0.2, -0.15) is 5.26 Å². The zero-order chi connectivity index (χ0) is 12.0. The van der Waals surface area contributed by atoms with Gasteiger partial charge in [-0.05, 0) is 44.4 Å². The maximum atomic E-state index is 13.2. The molecule has 0 heterocycles. The molecule has 0 aromatic heterocycles. The van der Waals surface area contributed by atoms with Crippen molar-refractivity contribution in [1.29, 1.82) is 5.26 Å². The topological polar surface area (TPSA) is 49.8 Å². The van der Waals surface area contributed by atoms with Crippen LogP contribution in [0.1, 0.15) is 37.8 Å². The predicted octanol–water partition coefficient (Wildman–Crippen LogP) is 2.47. The van der Waals surface area contributed by atoms with Crippen LogP contribution in [0.5, 0.6) is 0 Å². The second-order valence-corrected chi connectivity index (χ2v) is 5.11. The van der Waals surface area contributed by atoms with E-state index in [1.165, 1.54) is 6.07 Å². The Morgan fingerprint density at radius 2 is 2.06 bits per heavy atom. The molecule has 0 atom stereocenters. The lowest BCUT2D eigenvalue weighted by atomic mass is 9.79. The lowest BCUT2D eigenvalue weighted by Crippen LogP contribution is -2.45. The van der Waals surface area contributed by atoms with E-state index in [-0.39, 0.29) is 16.5 Å². The summed E-state index contributed by atoms with van der Waals surface area (Å²) in [5.74, 6) is -0.461. The van der Waals surface area contributed by atoms with E-state index < -0.39 is 5.82 Å². The maximum Gasteiger partial charge on any atom is 0.140 e. The van der Waals surface area contributed by atoms with Gasteiger partial charge in [-0.1, -0.05) is 6.07 Å². The van der Waals surface area contributed by atoms with Crippen LogP contribution in [0.2, 0.25) is 0 Å². The zero-order valence-corrected chi connectivity index (χ0v) is 9.55. The molecule has 3 heteroatoms. The first-order chi connectivity index (χ1) is 7.40. The van der Waals surface area contributed by atoms with Crippen LogP contribution in [-0.2, 0) is 5.41 Å². The molecule has 0 unspecified atom stereocenters. The average molecular weight is 218 g/mol. The summed E-state index contributed by atoms with van der Waals surface area (Å²) in [7, 11) is 0. The summed E-state index contributed by atoms with van der Waals surface area (Å²) < 4.78 is 13.2. The quantitative estimate of drug-likeness (QED) is 0.829. The number of nitriles is 1. The number of hydrogen-bond acceptors (Lipinski definition) is 2. The van der Waals surface area contributed by atoms with Crippen molar-refractivity contribution < 1.29 is 4.39 Å². The highest BCUT2D eigenvalue weighted by Gasteiger charge is 2.53. The van der Waals surface area contributed by atoms with Gasteiger partial charge < -0.3 is 5.73 Å². The highest BCUT2D eigenvalue weighted by Crippen LogP contribution is 2.54. The number of rotatable bonds is 2. The third kappa shape index (κ3) is 1.50. The van der Waals surface area contributed by atoms with Crippen LogP contribution in [0, 0.1) is 17.1 Å². The minimum atomic E-state index is -0.461. The molecule has 0 radical (unpaired) electrons. The van der Waals surface area contributed by atoms with Gasteiger partial charge in [0, 0.05) is 11.0 Å². The Bertz CT molecular complexity index is 462. The Balaban J connectivity index is 2.47. The highest BCUT2D eigenvalue weighted by molar-refractivity contribution is 5.42. The number of nitrogens with zero attached hydrogens (tertiary/aromatic N) is 1. The second-order valence-electron chi connectivity index (χ2n) is 5.11. The monoisotopic (exact) mass is 218 g/mol. The van der Waals surface area contributed by atoms with Gasteiger partial charge in [0.15, 0.2) is 0 Å². The molecule has 1 aliphatic rings. The Kier molecular flexibility index (Phi) is 2.28. The molecule has 1 aromatic rings. The molecule has 1 aliphatic carbocycles. The third-order valence-electron chi connectivity index (χ3n) is 3.62. The van der Waals surface area contributed by atoms with Crippen molar-refractivity contribution in [3.63, 3.8) is 0 Å². The molecule has 0 saturated heterocycles. The van der Waals surface area contributed by atoms with Gasteiger partial charge in [0.25, 0.3) is 0 Å². The van der Waals surface area contributed by atoms with E-state index in [0.29, 0.717) is 0 Å². The van der Waals surface area contributed by atoms with Crippen molar-refractivity contribution in [3.8, 4) is 6.07 Å². The summed E-state index contributed by atoms with van der Waals surface area (Å²) in [5.41, 5.74) is 6.84. The van der Waals surface area contributed by atoms with Crippen molar-refractivity contribution in [2.24, 2.45) is 5.73 Å². The molecule has 84 valence electrons. The number of benzene rings is 1. The van der Waals surface area contributed by atoms with Crippen LogP contribution in [-0.4, -0.2) is 5.54 Å². The zero-order valence-electron chi connectivity index (χ0n) is 9.55. The molecule has 0 spiro atoms. The molecule has 2 N–H and O–H groups in total. The number of nitrogens with two attached hydrogens (primary N) is 1. The third-order valence-corrected chi connectivity index (χ3v) is 3.62. The van der Waals surface area contributed by atoms with Crippen molar-refractivity contribution in [3.05, 3.63) is 35.1 Å². The van der Waals surface area contributed by atoms with Crippen molar-refractivity contribution >= 4 is 0 Å². The summed E-state index contributed by atoms with van der Waals surface area (Å²) in [6.45, 7) is 3.96. The van der Waals surface area contributed by atoms with E-state index in [0.717, 1.165) is 18.4 Å². The smallest absolute Gasteiger partial charge is 0.140 e. The summed E-state index contributed by atoms with van der Waals surface area (Å²) in [4.78, 5) is 0. The highest BCUT2D eigenvalue weighted by atomic mass is 19.1. The first-order valence-corrected chi connectivity index (χ1v) is 5.40. The minimum Gasteiger partial charge on any atom is -0.325 e. The van der Waals surface area contributed by atoms with Crippen molar-refractivity contribution in [1.82, 2.24) is 0 Å². The summed E-state index contributed by atoms with van der Waals surface area (Å²) in [6, 6.07) is 6.62. The fourth-order valence-corrected chi connectivity index (χ4v) is 2.34. The molecule has 2 rings (SSSR count). The van der Waals surface area contributed by atoms with E-state index in [2.05, 4.69) is 0 Å². The minimum absolute atomic E-state index is 0.0771. The van der Waals surface area contributed by atoms with Crippen LogP contribution >= 0.6 is 0 Å². The Morgan fingerprint density at radius 1 is 1.44 bits per heavy atom. The molecule has 1 aromatic carbocycles. The maximum absolute atomic E-state index is 13.2. The van der Waals surface area contributed by atoms with Crippen molar-refractivity contribution in [2.45, 2.75) is 37.6 Å². The molecule has 0 bridgehead atoms. The lowest BCUT2D eigenvalue weighted by Gasteiger charge is -2.31. The summed E-state index contributed by atoms with van der Waals surface area (Å²) in [5, 5.41) is 8.81. The normalized spacial score (nSPS) is 17.9. The summed E-state index contributed by atoms with van der Waals surface area (Å²) >= 11 is 0. The van der Waals surface area contributed by atoms with E-state index in [1.807, 2.05) is 19.9 Å². The first kappa shape index (κ1) is 11.1. The van der Waals surface area contributed by atoms with E-state index in [4.69, 9.17) is 11.0 Å². The van der Waals surface area contributed by atoms with Crippen LogP contribution in [0.25, 0.3) is 0 Å². The van der Waals surface area contributed by atoms with Gasteiger partial charge in [0.05, 0.1) is 5.56 Å². The Labute approximate surface area is 94.9 Å². The van der Waals surface area contributed by atoms with Crippen molar-refractivity contribution in [2.75, 3.05) is 0 Å². The van der Waals surface area contributed by atoms with Crippen LogP contribution < -0.4 is 5.73 Å². The van der Waals surface area contributed by atoms with E-state index in [1.54, 1.807) is 12.1 Å². The van der Waals surface area contributed by atoms with E-state index in [9.17, 15) is 4.39 Å². The fraction of sp³-hybridized carbons (Fsp3) is 0.462. The van der Waals surface area contributed by atoms with Crippen LogP contribution in [0.3, 0.4) is 0 Å². The van der Waals surface area contributed by atoms with Crippen LogP contribution in [0.15, 0.2) is 18.2 Å². The van der Waals surface area contributed by atoms with Crippen LogP contribution in [0.4, 0.5) is 4.39 Å². The molecule has 1 saturated carbocycles. The van der Waals surface area contributed by atoms with Gasteiger partial charge in [-0.3, -0.25) is 0 Å². The SMILES string of the molecule is CC(C)(N)C1(c2ccc(F)c(C#N)c2)CC1. The molecule has 1 fully saturated rings. The van der Waals surface area contributed by atoms with Gasteiger partial charge >= 0.3 is 0 Å². The lowest BCUT2D eigenvalue weighted by molar-refractivity contribution is 0.391. The number of hydrogen-bond donors (Lipinski definition) is 1. The fourth-order valence-electron chi connectivity index (χ4n) is 2.34. The van der Waals surface area contributed by atoms with E-state index >= 15 is 0 Å². The molecule has 2 nitrogen and oxygen atoms in total. The molecule has 16 heavy (non-hydrogen) atoms. The second kappa shape index (κ2) is 3.29. The Hall–Kier alpha value is -1.40. The largest absolute Gasteiger partial charge is 0.325 e. The first-order valence-electron chi connectivity index (χ1n) is 5.40. The summed E-state index contributed by atoms with van der Waals surface area (Å²) in [6.07, 6.45) is 2.01. The number of halogens is 1. The molecular formula is C13H15FN2. The van der Waals surface area contributed by atoms with Gasteiger partial charge in [0.2, 0.25) is 0 Å². The molecular weight excluding hydrogens is 203 g/mol.